The van der Waals surface area contributed by atoms with Crippen LogP contribution in [-0.4, -0.2) is 23.8 Å². The summed E-state index contributed by atoms with van der Waals surface area (Å²) in [6.45, 7) is 10.3. The zero-order valence-electron chi connectivity index (χ0n) is 17.9. The summed E-state index contributed by atoms with van der Waals surface area (Å²) in [5.41, 5.74) is 0. The number of allylic oxidation sites excluding steroid dienone is 1. The normalized spacial score (nSPS) is 11.5. The first-order valence-corrected chi connectivity index (χ1v) is 11.0. The third-order valence-corrected chi connectivity index (χ3v) is 4.41. The lowest BCUT2D eigenvalue weighted by Crippen LogP contribution is -2.24. The summed E-state index contributed by atoms with van der Waals surface area (Å²) in [5, 5.41) is 9.21. The van der Waals surface area contributed by atoms with Crippen LogP contribution >= 0.6 is 0 Å². The summed E-state index contributed by atoms with van der Waals surface area (Å²) in [4.78, 5) is 11.2. The maximum atomic E-state index is 11.2. The van der Waals surface area contributed by atoms with Crippen LogP contribution in [-0.2, 0) is 9.53 Å². The highest BCUT2D eigenvalue weighted by Crippen LogP contribution is 2.12. The fourth-order valence-electron chi connectivity index (χ4n) is 2.85. The number of hydrogen-bond donors (Lipinski definition) is 1. The minimum absolute atomic E-state index is 0.592. The van der Waals surface area contributed by atoms with E-state index in [0.29, 0.717) is 13.0 Å². The van der Waals surface area contributed by atoms with Gasteiger partial charge in [0.1, 0.15) is 0 Å². The Kier molecular flexibility index (Phi) is 25.5. The van der Waals surface area contributed by atoms with E-state index in [-0.39, 0.29) is 0 Å². The van der Waals surface area contributed by atoms with Gasteiger partial charge in [-0.15, -0.1) is 6.58 Å². The van der Waals surface area contributed by atoms with E-state index in [1.807, 2.05) is 6.92 Å². The van der Waals surface area contributed by atoms with Gasteiger partial charge in [0.05, 0.1) is 0 Å². The predicted molar refractivity (Wildman–Crippen MR) is 114 cm³/mol. The average molecular weight is 371 g/mol. The molecule has 1 atom stereocenters. The molecule has 3 heteroatoms. The maximum absolute atomic E-state index is 11.2. The zero-order valence-corrected chi connectivity index (χ0v) is 17.9. The van der Waals surface area contributed by atoms with Crippen LogP contribution in [0.1, 0.15) is 117 Å². The first-order chi connectivity index (χ1) is 12.6. The number of rotatable bonds is 18. The van der Waals surface area contributed by atoms with Crippen LogP contribution in [0.4, 0.5) is 0 Å². The van der Waals surface area contributed by atoms with Gasteiger partial charge in [-0.3, -0.25) is 0 Å². The van der Waals surface area contributed by atoms with E-state index in [9.17, 15) is 9.90 Å². The molecular formula is C23H46O3. The molecule has 0 saturated heterocycles. The lowest BCUT2D eigenvalue weighted by atomic mass is 10.1. The summed E-state index contributed by atoms with van der Waals surface area (Å²) in [6.07, 6.45) is 19.0. The number of carboxylic acid groups (broad SMARTS) is 1. The lowest BCUT2D eigenvalue weighted by Gasteiger charge is -2.13. The highest BCUT2D eigenvalue weighted by Gasteiger charge is 2.16. The quantitative estimate of drug-likeness (QED) is 0.200. The summed E-state index contributed by atoms with van der Waals surface area (Å²) in [5.74, 6) is -0.793. The first-order valence-electron chi connectivity index (χ1n) is 11.0. The molecular weight excluding hydrogens is 324 g/mol. The van der Waals surface area contributed by atoms with E-state index in [4.69, 9.17) is 4.74 Å². The van der Waals surface area contributed by atoms with Crippen molar-refractivity contribution in [1.29, 1.82) is 0 Å². The van der Waals surface area contributed by atoms with Crippen molar-refractivity contribution in [1.82, 2.24) is 0 Å². The molecule has 0 radical (unpaired) electrons. The van der Waals surface area contributed by atoms with Gasteiger partial charge in [0.25, 0.3) is 0 Å². The summed E-state index contributed by atoms with van der Waals surface area (Å²) in [6, 6.07) is 0. The number of carbonyl (C=O) groups is 1. The van der Waals surface area contributed by atoms with Crippen LogP contribution in [0.25, 0.3) is 0 Å². The van der Waals surface area contributed by atoms with Crippen LogP contribution in [0.5, 0.6) is 0 Å². The number of unbranched alkanes of at least 4 members (excludes halogenated alkanes) is 12. The van der Waals surface area contributed by atoms with Gasteiger partial charge in [-0.1, -0.05) is 103 Å². The molecule has 0 amide bonds. The van der Waals surface area contributed by atoms with Crippen molar-refractivity contribution in [2.45, 2.75) is 123 Å². The lowest BCUT2D eigenvalue weighted by molar-refractivity contribution is -0.151. The Labute approximate surface area is 163 Å². The highest BCUT2D eigenvalue weighted by molar-refractivity contribution is 5.72. The van der Waals surface area contributed by atoms with Crippen molar-refractivity contribution < 1.29 is 14.6 Å². The molecule has 3 nitrogen and oxygen atoms in total. The van der Waals surface area contributed by atoms with Gasteiger partial charge in [0.15, 0.2) is 6.10 Å². The van der Waals surface area contributed by atoms with Crippen molar-refractivity contribution >= 4 is 5.97 Å². The van der Waals surface area contributed by atoms with Gasteiger partial charge >= 0.3 is 5.97 Å². The molecule has 0 spiro atoms. The predicted octanol–water partition coefficient (Wildman–Crippen LogP) is 7.54. The third kappa shape index (κ3) is 23.2. The van der Waals surface area contributed by atoms with Crippen LogP contribution in [0.2, 0.25) is 0 Å². The molecule has 0 heterocycles. The second kappa shape index (κ2) is 24.2. The fraction of sp³-hybridized carbons (Fsp3) is 0.870. The second-order valence-corrected chi connectivity index (χ2v) is 7.14. The molecule has 0 aliphatic carbocycles. The van der Waals surface area contributed by atoms with Gasteiger partial charge in [-0.25, -0.2) is 4.79 Å². The van der Waals surface area contributed by atoms with Crippen LogP contribution < -0.4 is 0 Å². The number of aliphatic carboxylic acids is 1. The number of carboxylic acids is 1. The molecule has 0 saturated carbocycles. The zero-order chi connectivity index (χ0) is 19.9. The molecule has 0 aromatic rings. The van der Waals surface area contributed by atoms with Crippen molar-refractivity contribution in [2.24, 2.45) is 0 Å². The van der Waals surface area contributed by atoms with Crippen molar-refractivity contribution in [3.63, 3.8) is 0 Å². The average Bonchev–Trinajstić information content (AvgIpc) is 2.61. The van der Waals surface area contributed by atoms with Crippen molar-refractivity contribution in [3.8, 4) is 0 Å². The SMILES string of the molecule is C=CC.CCCCCCCCCCOC(CCCCCCCC)C(=O)O. The number of ether oxygens (including phenoxy) is 1. The Bertz CT molecular complexity index is 289. The van der Waals surface area contributed by atoms with Crippen LogP contribution in [0.15, 0.2) is 12.7 Å². The van der Waals surface area contributed by atoms with Gasteiger partial charge in [0.2, 0.25) is 0 Å². The molecule has 0 aliphatic rings. The Morgan fingerprint density at radius 2 is 1.23 bits per heavy atom. The van der Waals surface area contributed by atoms with Gasteiger partial charge in [-0.05, 0) is 19.8 Å². The summed E-state index contributed by atoms with van der Waals surface area (Å²) < 4.78 is 5.58. The molecule has 0 rings (SSSR count). The third-order valence-electron chi connectivity index (χ3n) is 4.41. The standard InChI is InChI=1S/C20H40O3.C3H6/c1-3-5-7-9-11-12-14-16-18-23-19(20(21)22)17-15-13-10-8-6-4-2;1-3-2/h19H,3-18H2,1-2H3,(H,21,22);3H,1H2,2H3. The van der Waals surface area contributed by atoms with E-state index in [2.05, 4.69) is 20.4 Å². The van der Waals surface area contributed by atoms with Crippen molar-refractivity contribution in [2.75, 3.05) is 6.61 Å². The summed E-state index contributed by atoms with van der Waals surface area (Å²) >= 11 is 0. The van der Waals surface area contributed by atoms with Crippen LogP contribution in [0.3, 0.4) is 0 Å². The van der Waals surface area contributed by atoms with Crippen molar-refractivity contribution in [3.05, 3.63) is 12.7 Å². The number of hydrogen-bond acceptors (Lipinski definition) is 2. The first kappa shape index (κ1) is 27.4. The minimum Gasteiger partial charge on any atom is -0.479 e. The van der Waals surface area contributed by atoms with Crippen LogP contribution in [0, 0.1) is 0 Å². The molecule has 156 valence electrons. The van der Waals surface area contributed by atoms with E-state index in [0.717, 1.165) is 25.7 Å². The molecule has 1 N–H and O–H groups in total. The van der Waals surface area contributed by atoms with E-state index in [1.54, 1.807) is 6.08 Å². The Hall–Kier alpha value is -0.830. The topological polar surface area (TPSA) is 46.5 Å². The monoisotopic (exact) mass is 370 g/mol. The molecule has 0 aromatic carbocycles. The molecule has 1 unspecified atom stereocenters. The Morgan fingerprint density at radius 3 is 1.65 bits per heavy atom. The Morgan fingerprint density at radius 1 is 0.846 bits per heavy atom. The minimum atomic E-state index is -0.793. The molecule has 0 fully saturated rings. The maximum Gasteiger partial charge on any atom is 0.332 e. The largest absolute Gasteiger partial charge is 0.479 e. The fourth-order valence-corrected chi connectivity index (χ4v) is 2.85. The van der Waals surface area contributed by atoms with E-state index < -0.39 is 12.1 Å². The van der Waals surface area contributed by atoms with Gasteiger partial charge in [-0.2, -0.15) is 0 Å². The summed E-state index contributed by atoms with van der Waals surface area (Å²) in [7, 11) is 0. The smallest absolute Gasteiger partial charge is 0.332 e. The van der Waals surface area contributed by atoms with E-state index in [1.165, 1.54) is 64.2 Å². The molecule has 26 heavy (non-hydrogen) atoms. The van der Waals surface area contributed by atoms with Gasteiger partial charge in [0, 0.05) is 6.61 Å². The molecule has 0 aliphatic heterocycles. The highest BCUT2D eigenvalue weighted by atomic mass is 16.5. The van der Waals surface area contributed by atoms with Gasteiger partial charge < -0.3 is 9.84 Å². The molecule has 0 aromatic heterocycles. The Balaban J connectivity index is 0. The molecule has 0 bridgehead atoms. The second-order valence-electron chi connectivity index (χ2n) is 7.14. The van der Waals surface area contributed by atoms with E-state index >= 15 is 0 Å².